The van der Waals surface area contributed by atoms with Crippen molar-refractivity contribution >= 4 is 29.9 Å². The first-order valence-corrected chi connectivity index (χ1v) is 9.12. The predicted molar refractivity (Wildman–Crippen MR) is 114 cm³/mol. The maximum absolute atomic E-state index is 4.31. The van der Waals surface area contributed by atoms with Crippen LogP contribution in [-0.2, 0) is 6.54 Å². The third-order valence-corrected chi connectivity index (χ3v) is 4.14. The molecule has 0 saturated carbocycles. The second kappa shape index (κ2) is 14.5. The molecule has 1 aromatic rings. The van der Waals surface area contributed by atoms with Gasteiger partial charge in [0, 0.05) is 38.6 Å². The van der Waals surface area contributed by atoms with E-state index in [4.69, 9.17) is 0 Å². The molecule has 0 aromatic carbocycles. The fourth-order valence-electron chi connectivity index (χ4n) is 2.63. The molecule has 1 aromatic heterocycles. The number of aliphatic imine (C=N–C) groups is 1. The van der Waals surface area contributed by atoms with Gasteiger partial charge in [-0.25, -0.2) is 4.98 Å². The molecule has 0 saturated heterocycles. The van der Waals surface area contributed by atoms with Crippen LogP contribution in [0, 0.1) is 6.92 Å². The second-order valence-electron chi connectivity index (χ2n) is 6.27. The van der Waals surface area contributed by atoms with Crippen molar-refractivity contribution in [3.8, 4) is 0 Å². The molecule has 0 amide bonds. The molecule has 0 radical (unpaired) electrons. The molecule has 2 N–H and O–H groups in total. The van der Waals surface area contributed by atoms with E-state index in [1.165, 1.54) is 32.1 Å². The number of nitrogens with zero attached hydrogens (tertiary/aromatic N) is 3. The van der Waals surface area contributed by atoms with Crippen molar-refractivity contribution in [2.75, 3.05) is 13.6 Å². The summed E-state index contributed by atoms with van der Waals surface area (Å²) in [4.78, 5) is 8.56. The Balaban J connectivity index is 0.00000529. The largest absolute Gasteiger partial charge is 0.356 e. The van der Waals surface area contributed by atoms with Gasteiger partial charge in [0.25, 0.3) is 0 Å². The van der Waals surface area contributed by atoms with E-state index in [9.17, 15) is 0 Å². The topological polar surface area (TPSA) is 54.2 Å². The number of halogens is 1. The Kier molecular flexibility index (Phi) is 14.1. The van der Waals surface area contributed by atoms with Crippen LogP contribution >= 0.6 is 24.0 Å². The predicted octanol–water partition coefficient (Wildman–Crippen LogP) is 4.11. The van der Waals surface area contributed by atoms with E-state index in [0.717, 1.165) is 37.7 Å². The first-order chi connectivity index (χ1) is 11.2. The van der Waals surface area contributed by atoms with Gasteiger partial charge in [-0.3, -0.25) is 4.99 Å². The Morgan fingerprint density at radius 2 is 2.04 bits per heavy atom. The number of aryl methyl sites for hydroxylation is 2. The number of rotatable bonds is 11. The molecular formula is C18H36IN5. The van der Waals surface area contributed by atoms with Crippen molar-refractivity contribution < 1.29 is 0 Å². The van der Waals surface area contributed by atoms with Gasteiger partial charge in [-0.2, -0.15) is 0 Å². The summed E-state index contributed by atoms with van der Waals surface area (Å²) in [6.45, 7) is 8.53. The van der Waals surface area contributed by atoms with Gasteiger partial charge < -0.3 is 15.2 Å². The summed E-state index contributed by atoms with van der Waals surface area (Å²) < 4.78 is 2.20. The Hall–Kier alpha value is -0.790. The molecule has 5 nitrogen and oxygen atoms in total. The number of guanidine groups is 1. The quantitative estimate of drug-likeness (QED) is 0.231. The molecule has 0 aliphatic rings. The van der Waals surface area contributed by atoms with E-state index in [2.05, 4.69) is 39.0 Å². The van der Waals surface area contributed by atoms with Crippen LogP contribution in [0.25, 0.3) is 0 Å². The van der Waals surface area contributed by atoms with Crippen molar-refractivity contribution in [1.82, 2.24) is 20.2 Å². The molecular weight excluding hydrogens is 413 g/mol. The Labute approximate surface area is 165 Å². The Bertz CT molecular complexity index is 444. The van der Waals surface area contributed by atoms with Gasteiger partial charge in [-0.1, -0.05) is 32.6 Å². The lowest BCUT2D eigenvalue weighted by molar-refractivity contribution is 0.534. The van der Waals surface area contributed by atoms with E-state index >= 15 is 0 Å². The Morgan fingerprint density at radius 1 is 1.25 bits per heavy atom. The minimum absolute atomic E-state index is 0. The first-order valence-electron chi connectivity index (χ1n) is 9.12. The molecule has 1 heterocycles. The average molecular weight is 449 g/mol. The van der Waals surface area contributed by atoms with Crippen LogP contribution in [0.15, 0.2) is 17.4 Å². The highest BCUT2D eigenvalue weighted by atomic mass is 127. The summed E-state index contributed by atoms with van der Waals surface area (Å²) in [5.41, 5.74) is 0. The van der Waals surface area contributed by atoms with Crippen molar-refractivity contribution in [3.05, 3.63) is 18.2 Å². The molecule has 1 atom stereocenters. The number of unbranched alkanes of at least 4 members (excludes halogenated alkanes) is 4. The first kappa shape index (κ1) is 23.2. The number of hydrogen-bond donors (Lipinski definition) is 2. The minimum atomic E-state index is 0. The van der Waals surface area contributed by atoms with E-state index in [-0.39, 0.29) is 24.0 Å². The van der Waals surface area contributed by atoms with Gasteiger partial charge in [0.15, 0.2) is 5.96 Å². The van der Waals surface area contributed by atoms with Crippen LogP contribution in [-0.4, -0.2) is 35.1 Å². The fourth-order valence-corrected chi connectivity index (χ4v) is 2.63. The normalized spacial score (nSPS) is 12.6. The molecule has 1 rings (SSSR count). The molecule has 24 heavy (non-hydrogen) atoms. The highest BCUT2D eigenvalue weighted by Gasteiger charge is 2.04. The van der Waals surface area contributed by atoms with E-state index < -0.39 is 0 Å². The third-order valence-electron chi connectivity index (χ3n) is 4.14. The van der Waals surface area contributed by atoms with Gasteiger partial charge in [0.05, 0.1) is 0 Å². The molecule has 0 aliphatic carbocycles. The van der Waals surface area contributed by atoms with Crippen LogP contribution in [0.5, 0.6) is 0 Å². The van der Waals surface area contributed by atoms with Gasteiger partial charge >= 0.3 is 0 Å². The van der Waals surface area contributed by atoms with Crippen molar-refractivity contribution in [3.63, 3.8) is 0 Å². The van der Waals surface area contributed by atoms with Crippen LogP contribution in [0.1, 0.15) is 64.6 Å². The Morgan fingerprint density at radius 3 is 2.67 bits per heavy atom. The number of nitrogens with one attached hydrogen (secondary N) is 2. The lowest BCUT2D eigenvalue weighted by Gasteiger charge is -2.18. The van der Waals surface area contributed by atoms with Crippen molar-refractivity contribution in [2.24, 2.45) is 4.99 Å². The smallest absolute Gasteiger partial charge is 0.191 e. The van der Waals surface area contributed by atoms with Crippen molar-refractivity contribution in [2.45, 2.75) is 78.3 Å². The summed E-state index contributed by atoms with van der Waals surface area (Å²) in [5.74, 6) is 2.01. The van der Waals surface area contributed by atoms with Crippen LogP contribution in [0.2, 0.25) is 0 Å². The molecule has 0 fully saturated rings. The average Bonchev–Trinajstić information content (AvgIpc) is 2.95. The molecule has 0 spiro atoms. The van der Waals surface area contributed by atoms with Gasteiger partial charge in [0.2, 0.25) is 0 Å². The number of aromatic nitrogens is 2. The van der Waals surface area contributed by atoms with Crippen LogP contribution in [0.3, 0.4) is 0 Å². The van der Waals surface area contributed by atoms with E-state index in [1.54, 1.807) is 0 Å². The fraction of sp³-hybridized carbons (Fsp3) is 0.778. The molecule has 0 bridgehead atoms. The number of hydrogen-bond acceptors (Lipinski definition) is 2. The van der Waals surface area contributed by atoms with Crippen LogP contribution < -0.4 is 10.6 Å². The van der Waals surface area contributed by atoms with Gasteiger partial charge in [-0.05, 0) is 33.1 Å². The van der Waals surface area contributed by atoms with Crippen LogP contribution in [0.4, 0.5) is 0 Å². The van der Waals surface area contributed by atoms with E-state index in [1.807, 2.05) is 26.4 Å². The highest BCUT2D eigenvalue weighted by Crippen LogP contribution is 2.05. The zero-order chi connectivity index (χ0) is 16.9. The summed E-state index contributed by atoms with van der Waals surface area (Å²) in [7, 11) is 1.84. The van der Waals surface area contributed by atoms with E-state index in [0.29, 0.717) is 6.04 Å². The summed E-state index contributed by atoms with van der Waals surface area (Å²) >= 11 is 0. The molecule has 6 heteroatoms. The van der Waals surface area contributed by atoms with Gasteiger partial charge in [-0.15, -0.1) is 24.0 Å². The van der Waals surface area contributed by atoms with Gasteiger partial charge in [0.1, 0.15) is 5.82 Å². The number of imidazole rings is 1. The highest BCUT2D eigenvalue weighted by molar-refractivity contribution is 14.0. The minimum Gasteiger partial charge on any atom is -0.356 e. The monoisotopic (exact) mass is 449 g/mol. The zero-order valence-electron chi connectivity index (χ0n) is 15.8. The summed E-state index contributed by atoms with van der Waals surface area (Å²) in [6, 6.07) is 0.478. The maximum Gasteiger partial charge on any atom is 0.191 e. The standard InChI is InChI=1S/C18H35N5.HI/c1-5-6-7-8-11-16(2)22-18(19-4)21-12-9-10-14-23-15-13-20-17(23)3;/h13,15-16H,5-12,14H2,1-4H3,(H2,19,21,22);1H. The lowest BCUT2D eigenvalue weighted by Crippen LogP contribution is -2.42. The molecule has 1 unspecified atom stereocenters. The maximum atomic E-state index is 4.31. The molecule has 0 aliphatic heterocycles. The molecule has 140 valence electrons. The SMILES string of the molecule is CCCCCCC(C)NC(=NC)NCCCCn1ccnc1C.I. The lowest BCUT2D eigenvalue weighted by atomic mass is 10.1. The van der Waals surface area contributed by atoms with Crippen molar-refractivity contribution in [1.29, 1.82) is 0 Å². The summed E-state index contributed by atoms with van der Waals surface area (Å²) in [6.07, 6.45) is 12.7. The second-order valence-corrected chi connectivity index (χ2v) is 6.27. The zero-order valence-corrected chi connectivity index (χ0v) is 18.2. The summed E-state index contributed by atoms with van der Waals surface area (Å²) in [5, 5.41) is 6.89. The third kappa shape index (κ3) is 10.2.